The van der Waals surface area contributed by atoms with Crippen molar-refractivity contribution in [2.75, 3.05) is 0 Å². The van der Waals surface area contributed by atoms with Crippen molar-refractivity contribution in [2.45, 2.75) is 0 Å². The fraction of sp³-hybridized carbons (Fsp3) is 0. The van der Waals surface area contributed by atoms with Crippen molar-refractivity contribution in [2.24, 2.45) is 0 Å². The first-order chi connectivity index (χ1) is 8.09. The van der Waals surface area contributed by atoms with Gasteiger partial charge in [0.2, 0.25) is 0 Å². The van der Waals surface area contributed by atoms with E-state index in [9.17, 15) is 8.78 Å². The number of nitrogens with zero attached hydrogens (tertiary/aromatic N) is 1. The zero-order valence-electron chi connectivity index (χ0n) is 8.55. The van der Waals surface area contributed by atoms with Crippen LogP contribution in [0, 0.1) is 17.0 Å². The Bertz CT molecular complexity index is 570. The van der Waals surface area contributed by atoms with Crippen LogP contribution in [-0.2, 0) is 0 Å². The third kappa shape index (κ3) is 2.39. The van der Waals surface area contributed by atoms with Gasteiger partial charge in [-0.2, -0.15) is 0 Å². The van der Waals surface area contributed by atoms with Crippen LogP contribution in [0.2, 0.25) is 0 Å². The van der Waals surface area contributed by atoms with Gasteiger partial charge in [-0.05, 0) is 40.2 Å². The molecule has 0 fully saturated rings. The van der Waals surface area contributed by atoms with E-state index in [0.717, 1.165) is 12.1 Å². The van der Waals surface area contributed by atoms with Gasteiger partial charge in [-0.1, -0.05) is 0 Å². The van der Waals surface area contributed by atoms with Gasteiger partial charge in [0.05, 0.1) is 10.2 Å². The van der Waals surface area contributed by atoms with Crippen LogP contribution in [0.4, 0.5) is 8.78 Å². The Morgan fingerprint density at radius 1 is 1.12 bits per heavy atom. The first-order valence-electron chi connectivity index (χ1n) is 4.73. The molecule has 0 atom stereocenters. The zero-order valence-corrected chi connectivity index (χ0v) is 10.1. The highest BCUT2D eigenvalue weighted by Gasteiger charge is 2.13. The number of hydrogen-bond acceptors (Lipinski definition) is 2. The molecular weight excluding hydrogens is 290 g/mol. The molecule has 2 aromatic rings. The molecule has 1 N–H and O–H groups in total. The summed E-state index contributed by atoms with van der Waals surface area (Å²) in [5.41, 5.74) is 0.342. The van der Waals surface area contributed by atoms with Crippen molar-refractivity contribution in [3.8, 4) is 0 Å². The third-order valence-corrected chi connectivity index (χ3v) is 2.86. The van der Waals surface area contributed by atoms with E-state index in [1.165, 1.54) is 12.4 Å². The van der Waals surface area contributed by atoms with Crippen LogP contribution in [-0.4, -0.2) is 10.7 Å². The molecule has 2 nitrogen and oxygen atoms in total. The average Bonchev–Trinajstić information content (AvgIpc) is 2.34. The number of hydrogen-bond donors (Lipinski definition) is 1. The summed E-state index contributed by atoms with van der Waals surface area (Å²) in [5, 5.41) is 7.83. The van der Waals surface area contributed by atoms with Crippen molar-refractivity contribution in [3.63, 3.8) is 0 Å². The lowest BCUT2D eigenvalue weighted by Crippen LogP contribution is -2.05. The van der Waals surface area contributed by atoms with E-state index in [0.29, 0.717) is 5.56 Å². The van der Waals surface area contributed by atoms with E-state index >= 15 is 0 Å². The Kier molecular flexibility index (Phi) is 3.28. The minimum atomic E-state index is -0.639. The summed E-state index contributed by atoms with van der Waals surface area (Å²) < 4.78 is 27.0. The summed E-state index contributed by atoms with van der Waals surface area (Å²) in [5.74, 6) is -1.24. The molecule has 17 heavy (non-hydrogen) atoms. The number of nitrogens with one attached hydrogen (secondary N) is 1. The van der Waals surface area contributed by atoms with Gasteiger partial charge < -0.3 is 0 Å². The van der Waals surface area contributed by atoms with Gasteiger partial charge in [0, 0.05) is 23.5 Å². The second-order valence-electron chi connectivity index (χ2n) is 3.36. The lowest BCUT2D eigenvalue weighted by Gasteiger charge is -2.06. The Morgan fingerprint density at radius 2 is 1.76 bits per heavy atom. The van der Waals surface area contributed by atoms with E-state index in [4.69, 9.17) is 5.41 Å². The lowest BCUT2D eigenvalue weighted by atomic mass is 10.0. The molecule has 0 spiro atoms. The van der Waals surface area contributed by atoms with Crippen LogP contribution < -0.4 is 0 Å². The number of rotatable bonds is 2. The molecule has 2 rings (SSSR count). The fourth-order valence-electron chi connectivity index (χ4n) is 1.39. The molecule has 0 radical (unpaired) electrons. The van der Waals surface area contributed by atoms with Gasteiger partial charge in [-0.15, -0.1) is 0 Å². The minimum absolute atomic E-state index is 0.0429. The molecule has 0 unspecified atom stereocenters. The predicted octanol–water partition coefficient (Wildman–Crippen LogP) is 3.54. The monoisotopic (exact) mass is 296 g/mol. The maximum atomic E-state index is 13.6. The van der Waals surface area contributed by atoms with Crippen molar-refractivity contribution in [1.29, 1.82) is 5.41 Å². The summed E-state index contributed by atoms with van der Waals surface area (Å²) in [7, 11) is 0. The molecule has 1 heterocycles. The Hall–Kier alpha value is -1.62. The molecule has 0 bridgehead atoms. The predicted molar refractivity (Wildman–Crippen MR) is 64.2 cm³/mol. The lowest BCUT2D eigenvalue weighted by molar-refractivity contribution is 0.592. The molecule has 0 saturated carbocycles. The molecule has 5 heteroatoms. The van der Waals surface area contributed by atoms with Crippen LogP contribution in [0.25, 0.3) is 0 Å². The van der Waals surface area contributed by atoms with Gasteiger partial charge in [0.15, 0.2) is 0 Å². The van der Waals surface area contributed by atoms with Gasteiger partial charge >= 0.3 is 0 Å². The Balaban J connectivity index is 2.48. The largest absolute Gasteiger partial charge is 0.300 e. The number of benzene rings is 1. The zero-order chi connectivity index (χ0) is 12.4. The highest BCUT2D eigenvalue weighted by molar-refractivity contribution is 9.10. The molecule has 1 aromatic heterocycles. The van der Waals surface area contributed by atoms with Crippen molar-refractivity contribution in [3.05, 3.63) is 63.9 Å². The Morgan fingerprint density at radius 3 is 2.41 bits per heavy atom. The minimum Gasteiger partial charge on any atom is -0.300 e. The average molecular weight is 297 g/mol. The van der Waals surface area contributed by atoms with E-state index in [-0.39, 0.29) is 15.7 Å². The van der Waals surface area contributed by atoms with Gasteiger partial charge in [0.25, 0.3) is 0 Å². The quantitative estimate of drug-likeness (QED) is 0.668. The van der Waals surface area contributed by atoms with Crippen LogP contribution in [0.15, 0.2) is 41.1 Å². The van der Waals surface area contributed by atoms with Crippen molar-refractivity contribution < 1.29 is 8.78 Å². The maximum absolute atomic E-state index is 13.6. The topological polar surface area (TPSA) is 36.7 Å². The van der Waals surface area contributed by atoms with Crippen molar-refractivity contribution >= 4 is 21.6 Å². The summed E-state index contributed by atoms with van der Waals surface area (Å²) in [6.45, 7) is 0. The van der Waals surface area contributed by atoms with E-state index < -0.39 is 11.6 Å². The smallest absolute Gasteiger partial charge is 0.138 e. The van der Waals surface area contributed by atoms with Crippen LogP contribution in [0.1, 0.15) is 11.1 Å². The second kappa shape index (κ2) is 4.71. The van der Waals surface area contributed by atoms with E-state index in [1.54, 1.807) is 12.1 Å². The normalized spacial score (nSPS) is 10.3. The van der Waals surface area contributed by atoms with Crippen LogP contribution >= 0.6 is 15.9 Å². The molecule has 86 valence electrons. The van der Waals surface area contributed by atoms with Gasteiger partial charge in [-0.3, -0.25) is 10.4 Å². The summed E-state index contributed by atoms with van der Waals surface area (Å²) in [6, 6.07) is 5.16. The summed E-state index contributed by atoms with van der Waals surface area (Å²) in [6.07, 6.45) is 2.99. The maximum Gasteiger partial charge on any atom is 0.138 e. The second-order valence-corrected chi connectivity index (χ2v) is 4.21. The standard InChI is InChI=1S/C12H7BrF2N2/c13-9-6-10(14)8(5-11(9)15)12(16)7-1-3-17-4-2-7/h1-6,16H. The van der Waals surface area contributed by atoms with E-state index in [2.05, 4.69) is 20.9 Å². The number of pyridine rings is 1. The molecular formula is C12H7BrF2N2. The number of halogens is 3. The third-order valence-electron chi connectivity index (χ3n) is 2.25. The highest BCUT2D eigenvalue weighted by Crippen LogP contribution is 2.21. The first-order valence-corrected chi connectivity index (χ1v) is 5.53. The SMILES string of the molecule is N=C(c1ccncc1)c1cc(F)c(Br)cc1F. The summed E-state index contributed by atoms with van der Waals surface area (Å²) in [4.78, 5) is 3.80. The molecule has 0 aliphatic heterocycles. The van der Waals surface area contributed by atoms with E-state index in [1.807, 2.05) is 0 Å². The fourth-order valence-corrected chi connectivity index (χ4v) is 1.70. The molecule has 1 aromatic carbocycles. The molecule has 0 aliphatic rings. The first kappa shape index (κ1) is 11.9. The van der Waals surface area contributed by atoms with Crippen LogP contribution in [0.3, 0.4) is 0 Å². The van der Waals surface area contributed by atoms with Crippen LogP contribution in [0.5, 0.6) is 0 Å². The summed E-state index contributed by atoms with van der Waals surface area (Å²) >= 11 is 2.89. The molecule has 0 saturated heterocycles. The Labute approximate surface area is 105 Å². The highest BCUT2D eigenvalue weighted by atomic mass is 79.9. The molecule has 0 amide bonds. The van der Waals surface area contributed by atoms with Gasteiger partial charge in [-0.25, -0.2) is 8.78 Å². The molecule has 0 aliphatic carbocycles. The number of aromatic nitrogens is 1. The van der Waals surface area contributed by atoms with Crippen molar-refractivity contribution in [1.82, 2.24) is 4.98 Å². The van der Waals surface area contributed by atoms with Gasteiger partial charge in [0.1, 0.15) is 11.6 Å².